The minimum atomic E-state index is -2.46. The number of hydrogen-bond acceptors (Lipinski definition) is 3. The molecular weight excluding hydrogens is 325 g/mol. The molecule has 0 heterocycles. The summed E-state index contributed by atoms with van der Waals surface area (Å²) in [5, 5.41) is 27.1. The highest BCUT2D eigenvalue weighted by Crippen LogP contribution is 2.45. The second-order valence-corrected chi connectivity index (χ2v) is 3.99. The van der Waals surface area contributed by atoms with Crippen LogP contribution in [0.4, 0.5) is 30.7 Å². The lowest BCUT2D eigenvalue weighted by Crippen LogP contribution is -2.03. The van der Waals surface area contributed by atoms with Crippen LogP contribution in [-0.4, -0.2) is 15.3 Å². The molecule has 0 radical (unpaired) electrons. The molecule has 0 spiro atoms. The summed E-state index contributed by atoms with van der Waals surface area (Å²) >= 11 is 0. The Balaban J connectivity index is 3.03. The van der Waals surface area contributed by atoms with Crippen molar-refractivity contribution in [3.8, 4) is 28.4 Å². The minimum absolute atomic E-state index is 1.83. The van der Waals surface area contributed by atoms with Gasteiger partial charge in [0.15, 0.2) is 40.5 Å². The Kier molecular flexibility index (Phi) is 3.55. The predicted molar refractivity (Wildman–Crippen MR) is 56.6 cm³/mol. The van der Waals surface area contributed by atoms with Crippen molar-refractivity contribution in [3.05, 3.63) is 40.7 Å². The van der Waals surface area contributed by atoms with Crippen LogP contribution in [0.25, 0.3) is 11.1 Å². The minimum Gasteiger partial charge on any atom is -0.504 e. The standard InChI is InChI=1S/C12H3F7O3/c13-3-1(4(14)11(21)7(17)6(3)16)2-5(15)12(22)9(19)8(18)10(2)20/h20-22H. The van der Waals surface area contributed by atoms with Gasteiger partial charge in [0.05, 0.1) is 11.1 Å². The van der Waals surface area contributed by atoms with Crippen LogP contribution in [0, 0.1) is 40.7 Å². The largest absolute Gasteiger partial charge is 0.504 e. The summed E-state index contributed by atoms with van der Waals surface area (Å²) in [6.45, 7) is 0. The first-order chi connectivity index (χ1) is 10.1. The van der Waals surface area contributed by atoms with E-state index < -0.39 is 69.1 Å². The van der Waals surface area contributed by atoms with Crippen LogP contribution in [0.3, 0.4) is 0 Å². The molecule has 0 aliphatic heterocycles. The van der Waals surface area contributed by atoms with E-state index in [4.69, 9.17) is 10.2 Å². The molecule has 0 atom stereocenters. The second-order valence-electron chi connectivity index (χ2n) is 3.99. The van der Waals surface area contributed by atoms with Gasteiger partial charge in [0.2, 0.25) is 17.5 Å². The van der Waals surface area contributed by atoms with Gasteiger partial charge in [0.1, 0.15) is 0 Å². The van der Waals surface area contributed by atoms with Crippen molar-refractivity contribution in [1.82, 2.24) is 0 Å². The molecule has 2 aromatic rings. The number of benzene rings is 2. The van der Waals surface area contributed by atoms with Crippen molar-refractivity contribution in [3.63, 3.8) is 0 Å². The number of phenolic OH excluding ortho intramolecular Hbond substituents is 3. The van der Waals surface area contributed by atoms with Gasteiger partial charge in [-0.3, -0.25) is 0 Å². The highest BCUT2D eigenvalue weighted by atomic mass is 19.2. The molecule has 3 nitrogen and oxygen atoms in total. The lowest BCUT2D eigenvalue weighted by Gasteiger charge is -2.13. The van der Waals surface area contributed by atoms with E-state index in [1.54, 1.807) is 0 Å². The van der Waals surface area contributed by atoms with E-state index in [2.05, 4.69) is 0 Å². The Bertz CT molecular complexity index is 679. The number of hydrogen-bond donors (Lipinski definition) is 3. The fourth-order valence-corrected chi connectivity index (χ4v) is 1.71. The third-order valence-electron chi connectivity index (χ3n) is 2.76. The molecule has 0 aliphatic carbocycles. The lowest BCUT2D eigenvalue weighted by atomic mass is 10.0. The number of aromatic hydroxyl groups is 3. The highest BCUT2D eigenvalue weighted by molar-refractivity contribution is 5.75. The van der Waals surface area contributed by atoms with Crippen molar-refractivity contribution >= 4 is 0 Å². The lowest BCUT2D eigenvalue weighted by molar-refractivity contribution is 0.348. The number of halogens is 7. The summed E-state index contributed by atoms with van der Waals surface area (Å²) in [4.78, 5) is 0. The van der Waals surface area contributed by atoms with Gasteiger partial charge >= 0.3 is 0 Å². The Labute approximate surface area is 116 Å². The van der Waals surface area contributed by atoms with Crippen LogP contribution >= 0.6 is 0 Å². The fourth-order valence-electron chi connectivity index (χ4n) is 1.71. The Morgan fingerprint density at radius 1 is 0.364 bits per heavy atom. The molecule has 0 saturated heterocycles. The molecule has 2 aromatic carbocycles. The quantitative estimate of drug-likeness (QED) is 0.325. The summed E-state index contributed by atoms with van der Waals surface area (Å²) in [5.41, 5.74) is -3.76. The number of phenols is 3. The van der Waals surface area contributed by atoms with Crippen LogP contribution in [0.1, 0.15) is 0 Å². The van der Waals surface area contributed by atoms with Gasteiger partial charge < -0.3 is 15.3 Å². The van der Waals surface area contributed by atoms with E-state index in [0.29, 0.717) is 0 Å². The maximum absolute atomic E-state index is 13.7. The molecule has 118 valence electrons. The Morgan fingerprint density at radius 3 is 1.23 bits per heavy atom. The van der Waals surface area contributed by atoms with Crippen molar-refractivity contribution in [2.45, 2.75) is 0 Å². The van der Waals surface area contributed by atoms with Crippen molar-refractivity contribution in [1.29, 1.82) is 0 Å². The topological polar surface area (TPSA) is 60.7 Å². The van der Waals surface area contributed by atoms with E-state index in [0.717, 1.165) is 0 Å². The van der Waals surface area contributed by atoms with E-state index in [1.165, 1.54) is 0 Å². The average molecular weight is 328 g/mol. The first-order valence-electron chi connectivity index (χ1n) is 5.24. The SMILES string of the molecule is Oc1c(F)c(F)c(O)c(-c2c(F)c(O)c(F)c(F)c2F)c1F. The Morgan fingerprint density at radius 2 is 0.727 bits per heavy atom. The molecule has 0 bridgehead atoms. The molecular formula is C12H3F7O3. The van der Waals surface area contributed by atoms with Gasteiger partial charge in [0.25, 0.3) is 0 Å². The normalized spacial score (nSPS) is 11.0. The molecule has 0 fully saturated rings. The van der Waals surface area contributed by atoms with E-state index in [-0.39, 0.29) is 0 Å². The molecule has 3 N–H and O–H groups in total. The smallest absolute Gasteiger partial charge is 0.207 e. The van der Waals surface area contributed by atoms with Crippen molar-refractivity contribution in [2.75, 3.05) is 0 Å². The number of rotatable bonds is 1. The van der Waals surface area contributed by atoms with Gasteiger partial charge in [0, 0.05) is 0 Å². The van der Waals surface area contributed by atoms with E-state index in [1.807, 2.05) is 0 Å². The first-order valence-corrected chi connectivity index (χ1v) is 5.24. The third-order valence-corrected chi connectivity index (χ3v) is 2.76. The van der Waals surface area contributed by atoms with Crippen LogP contribution in [0.2, 0.25) is 0 Å². The van der Waals surface area contributed by atoms with E-state index in [9.17, 15) is 35.8 Å². The summed E-state index contributed by atoms with van der Waals surface area (Å²) in [7, 11) is 0. The molecule has 0 saturated carbocycles. The molecule has 0 amide bonds. The van der Waals surface area contributed by atoms with Gasteiger partial charge in [-0.1, -0.05) is 0 Å². The van der Waals surface area contributed by atoms with Crippen LogP contribution in [-0.2, 0) is 0 Å². The highest BCUT2D eigenvalue weighted by Gasteiger charge is 2.33. The third kappa shape index (κ3) is 1.90. The predicted octanol–water partition coefficient (Wildman–Crippen LogP) is 3.44. The summed E-state index contributed by atoms with van der Waals surface area (Å²) in [6.07, 6.45) is 0. The summed E-state index contributed by atoms with van der Waals surface area (Å²) in [5.74, 6) is -22.5. The first kappa shape index (κ1) is 15.7. The molecule has 2 rings (SSSR count). The van der Waals surface area contributed by atoms with Crippen molar-refractivity contribution < 1.29 is 46.1 Å². The summed E-state index contributed by atoms with van der Waals surface area (Å²) in [6, 6.07) is 0. The maximum Gasteiger partial charge on any atom is 0.207 e. The summed E-state index contributed by atoms with van der Waals surface area (Å²) < 4.78 is 93.2. The zero-order valence-electron chi connectivity index (χ0n) is 9.99. The average Bonchev–Trinajstić information content (AvgIpc) is 2.50. The molecule has 0 aromatic heterocycles. The van der Waals surface area contributed by atoms with Gasteiger partial charge in [-0.15, -0.1) is 0 Å². The molecule has 0 aliphatic rings. The van der Waals surface area contributed by atoms with Crippen LogP contribution < -0.4 is 0 Å². The second kappa shape index (κ2) is 4.97. The zero-order chi connectivity index (χ0) is 16.9. The van der Waals surface area contributed by atoms with Crippen molar-refractivity contribution in [2.24, 2.45) is 0 Å². The molecule has 10 heteroatoms. The van der Waals surface area contributed by atoms with Gasteiger partial charge in [-0.2, -0.15) is 13.2 Å². The molecule has 22 heavy (non-hydrogen) atoms. The molecule has 0 unspecified atom stereocenters. The van der Waals surface area contributed by atoms with Crippen LogP contribution in [0.15, 0.2) is 0 Å². The van der Waals surface area contributed by atoms with E-state index >= 15 is 0 Å². The zero-order valence-corrected chi connectivity index (χ0v) is 9.99. The van der Waals surface area contributed by atoms with Crippen LogP contribution in [0.5, 0.6) is 17.2 Å². The Hall–Kier alpha value is -2.65. The van der Waals surface area contributed by atoms with Gasteiger partial charge in [-0.25, -0.2) is 17.6 Å². The fraction of sp³-hybridized carbons (Fsp3) is 0. The monoisotopic (exact) mass is 328 g/mol. The maximum atomic E-state index is 13.7. The van der Waals surface area contributed by atoms with Gasteiger partial charge in [-0.05, 0) is 0 Å².